The van der Waals surface area contributed by atoms with Crippen molar-refractivity contribution in [2.75, 3.05) is 0 Å². The van der Waals surface area contributed by atoms with Crippen LogP contribution in [0, 0.1) is 35.4 Å². The fraction of sp³-hybridized carbons (Fsp3) is 0.760. The van der Waals surface area contributed by atoms with Crippen molar-refractivity contribution in [3.63, 3.8) is 0 Å². The molecule has 0 aliphatic heterocycles. The average Bonchev–Trinajstić information content (AvgIpc) is 2.69. The number of hydrogen-bond acceptors (Lipinski definition) is 0. The summed E-state index contributed by atoms with van der Waals surface area (Å²) in [4.78, 5) is 0. The molecule has 1 aromatic carbocycles. The molecular weight excluding hydrogens is 319 g/mol. The van der Waals surface area contributed by atoms with Crippen LogP contribution in [0.2, 0.25) is 0 Å². The number of hydrogen-bond donors (Lipinski definition) is 0. The summed E-state index contributed by atoms with van der Waals surface area (Å²) in [6, 6.07) is 7.35. The fourth-order valence-corrected chi connectivity index (χ4v) is 6.75. The summed E-state index contributed by atoms with van der Waals surface area (Å²) >= 11 is 0. The molecule has 0 spiro atoms. The Bertz CT molecular complexity index is 554. The second-order valence-corrected chi connectivity index (χ2v) is 9.72. The van der Waals surface area contributed by atoms with Gasteiger partial charge < -0.3 is 0 Å². The molecule has 0 amide bonds. The van der Waals surface area contributed by atoms with Crippen LogP contribution in [0.5, 0.6) is 0 Å². The summed E-state index contributed by atoms with van der Waals surface area (Å²) in [5, 5.41) is 0. The molecule has 3 fully saturated rings. The third-order valence-corrected chi connectivity index (χ3v) is 8.25. The van der Waals surface area contributed by atoms with Crippen LogP contribution in [0.15, 0.2) is 24.3 Å². The number of fused-ring (bicyclic) bond motifs is 1. The summed E-state index contributed by atoms with van der Waals surface area (Å²) < 4.78 is 13.2. The standard InChI is InChI=1S/C25H37F/c1-2-3-18-4-6-19(7-5-18)21-8-10-24-17-22(9-11-23(24)16-21)20-12-14-25(26)15-13-20/h12-15,18-19,21-24H,2-11,16-17H2,1H3. The highest BCUT2D eigenvalue weighted by Gasteiger charge is 2.38. The Hall–Kier alpha value is -0.850. The van der Waals surface area contributed by atoms with E-state index < -0.39 is 0 Å². The van der Waals surface area contributed by atoms with Crippen molar-refractivity contribution in [3.05, 3.63) is 35.6 Å². The molecule has 3 aliphatic rings. The number of benzene rings is 1. The monoisotopic (exact) mass is 356 g/mol. The lowest BCUT2D eigenvalue weighted by Gasteiger charge is -2.45. The molecule has 0 nitrogen and oxygen atoms in total. The predicted octanol–water partition coefficient (Wildman–Crippen LogP) is 7.73. The first-order valence-electron chi connectivity index (χ1n) is 11.5. The lowest BCUT2D eigenvalue weighted by molar-refractivity contribution is 0.0712. The molecule has 4 atom stereocenters. The molecule has 0 bridgehead atoms. The first kappa shape index (κ1) is 18.5. The third kappa shape index (κ3) is 4.18. The van der Waals surface area contributed by atoms with Gasteiger partial charge in [-0.1, -0.05) is 44.7 Å². The van der Waals surface area contributed by atoms with Crippen molar-refractivity contribution < 1.29 is 4.39 Å². The Kier molecular flexibility index (Phi) is 6.01. The Morgan fingerprint density at radius 3 is 2.00 bits per heavy atom. The fourth-order valence-electron chi connectivity index (χ4n) is 6.75. The summed E-state index contributed by atoms with van der Waals surface area (Å²) in [6.45, 7) is 2.34. The summed E-state index contributed by atoms with van der Waals surface area (Å²) in [6.07, 6.45) is 17.4. The Morgan fingerprint density at radius 2 is 1.31 bits per heavy atom. The van der Waals surface area contributed by atoms with E-state index in [0.717, 1.165) is 29.6 Å². The van der Waals surface area contributed by atoms with Gasteiger partial charge in [0, 0.05) is 0 Å². The van der Waals surface area contributed by atoms with Crippen molar-refractivity contribution >= 4 is 0 Å². The first-order chi connectivity index (χ1) is 12.7. The molecule has 3 aliphatic carbocycles. The summed E-state index contributed by atoms with van der Waals surface area (Å²) in [7, 11) is 0. The van der Waals surface area contributed by atoms with Gasteiger partial charge in [0.2, 0.25) is 0 Å². The van der Waals surface area contributed by atoms with Gasteiger partial charge in [0.05, 0.1) is 0 Å². The molecule has 0 N–H and O–H groups in total. The van der Waals surface area contributed by atoms with E-state index in [2.05, 4.69) is 6.92 Å². The van der Waals surface area contributed by atoms with Crippen LogP contribution in [0.4, 0.5) is 4.39 Å². The van der Waals surface area contributed by atoms with Crippen molar-refractivity contribution in [2.24, 2.45) is 29.6 Å². The third-order valence-electron chi connectivity index (χ3n) is 8.25. The van der Waals surface area contributed by atoms with Gasteiger partial charge in [0.1, 0.15) is 5.82 Å². The minimum Gasteiger partial charge on any atom is -0.207 e. The maximum atomic E-state index is 13.2. The molecule has 1 aromatic rings. The van der Waals surface area contributed by atoms with Crippen molar-refractivity contribution in [1.82, 2.24) is 0 Å². The molecule has 144 valence electrons. The zero-order valence-electron chi connectivity index (χ0n) is 16.6. The van der Waals surface area contributed by atoms with E-state index in [1.165, 1.54) is 82.6 Å². The number of halogens is 1. The minimum absolute atomic E-state index is 0.100. The average molecular weight is 357 g/mol. The van der Waals surface area contributed by atoms with Crippen molar-refractivity contribution in [1.29, 1.82) is 0 Å². The van der Waals surface area contributed by atoms with Gasteiger partial charge in [-0.25, -0.2) is 4.39 Å². The van der Waals surface area contributed by atoms with Gasteiger partial charge in [-0.15, -0.1) is 0 Å². The molecular formula is C25H37F. The van der Waals surface area contributed by atoms with Gasteiger partial charge >= 0.3 is 0 Å². The molecule has 0 saturated heterocycles. The predicted molar refractivity (Wildman–Crippen MR) is 108 cm³/mol. The molecule has 0 aromatic heterocycles. The van der Waals surface area contributed by atoms with E-state index >= 15 is 0 Å². The van der Waals surface area contributed by atoms with E-state index in [1.807, 2.05) is 12.1 Å². The molecule has 3 saturated carbocycles. The molecule has 4 rings (SSSR count). The maximum absolute atomic E-state index is 13.2. The van der Waals surface area contributed by atoms with Crippen LogP contribution >= 0.6 is 0 Å². The van der Waals surface area contributed by atoms with Crippen LogP contribution < -0.4 is 0 Å². The second kappa shape index (κ2) is 8.44. The van der Waals surface area contributed by atoms with E-state index in [9.17, 15) is 4.39 Å². The lowest BCUT2D eigenvalue weighted by Crippen LogP contribution is -2.34. The number of rotatable bonds is 4. The quantitative estimate of drug-likeness (QED) is 0.517. The highest BCUT2D eigenvalue weighted by molar-refractivity contribution is 5.21. The Balaban J connectivity index is 1.29. The smallest absolute Gasteiger partial charge is 0.123 e. The van der Waals surface area contributed by atoms with E-state index in [0.29, 0.717) is 5.92 Å². The second-order valence-electron chi connectivity index (χ2n) is 9.72. The lowest BCUT2D eigenvalue weighted by atomic mass is 9.60. The van der Waals surface area contributed by atoms with Crippen LogP contribution in [-0.2, 0) is 0 Å². The zero-order chi connectivity index (χ0) is 17.9. The van der Waals surface area contributed by atoms with Crippen LogP contribution in [-0.4, -0.2) is 0 Å². The Labute approximate surface area is 160 Å². The van der Waals surface area contributed by atoms with Crippen LogP contribution in [0.25, 0.3) is 0 Å². The largest absolute Gasteiger partial charge is 0.207 e. The van der Waals surface area contributed by atoms with Crippen molar-refractivity contribution in [3.8, 4) is 0 Å². The normalized spacial score (nSPS) is 37.9. The SMILES string of the molecule is CCCC1CCC(C2CCC3CC(c4ccc(F)cc4)CCC3C2)CC1. The highest BCUT2D eigenvalue weighted by Crippen LogP contribution is 2.51. The minimum atomic E-state index is -0.100. The van der Waals surface area contributed by atoms with Gasteiger partial charge in [-0.05, 0) is 105 Å². The van der Waals surface area contributed by atoms with Crippen molar-refractivity contribution in [2.45, 2.75) is 89.9 Å². The van der Waals surface area contributed by atoms with Gasteiger partial charge in [0.25, 0.3) is 0 Å². The van der Waals surface area contributed by atoms with Gasteiger partial charge in [0.15, 0.2) is 0 Å². The van der Waals surface area contributed by atoms with E-state index in [1.54, 1.807) is 12.1 Å². The summed E-state index contributed by atoms with van der Waals surface area (Å²) in [5.74, 6) is 5.61. The molecule has 1 heteroatoms. The highest BCUT2D eigenvalue weighted by atomic mass is 19.1. The Morgan fingerprint density at radius 1 is 0.731 bits per heavy atom. The van der Waals surface area contributed by atoms with E-state index in [-0.39, 0.29) is 5.82 Å². The molecule has 26 heavy (non-hydrogen) atoms. The summed E-state index contributed by atoms with van der Waals surface area (Å²) in [5.41, 5.74) is 1.38. The zero-order valence-corrected chi connectivity index (χ0v) is 16.6. The molecule has 0 heterocycles. The van der Waals surface area contributed by atoms with Gasteiger partial charge in [-0.3, -0.25) is 0 Å². The first-order valence-corrected chi connectivity index (χ1v) is 11.5. The van der Waals surface area contributed by atoms with Crippen LogP contribution in [0.1, 0.15) is 95.5 Å². The van der Waals surface area contributed by atoms with Gasteiger partial charge in [-0.2, -0.15) is 0 Å². The topological polar surface area (TPSA) is 0 Å². The van der Waals surface area contributed by atoms with Crippen LogP contribution in [0.3, 0.4) is 0 Å². The maximum Gasteiger partial charge on any atom is 0.123 e. The molecule has 0 radical (unpaired) electrons. The molecule has 4 unspecified atom stereocenters. The van der Waals surface area contributed by atoms with E-state index in [4.69, 9.17) is 0 Å².